The van der Waals surface area contributed by atoms with Crippen molar-refractivity contribution in [3.8, 4) is 0 Å². The SMILES string of the molecule is CC1(C)C2CCC1(CS(=O)(=O)O)C(=O)C2.O=C(O)C1=C[C@]2(CCNc3ccccc3C2)CC1. The maximum absolute atomic E-state index is 11.9. The minimum Gasteiger partial charge on any atom is -0.478 e. The Labute approximate surface area is 195 Å². The number of carboxylic acids is 1. The van der Waals surface area contributed by atoms with Crippen molar-refractivity contribution in [1.82, 2.24) is 0 Å². The lowest BCUT2D eigenvalue weighted by atomic mass is 9.70. The molecule has 3 atom stereocenters. The van der Waals surface area contributed by atoms with Gasteiger partial charge in [0.15, 0.2) is 0 Å². The molecule has 7 nitrogen and oxygen atoms in total. The van der Waals surface area contributed by atoms with E-state index in [2.05, 4.69) is 23.5 Å². The summed E-state index contributed by atoms with van der Waals surface area (Å²) in [5.74, 6) is -0.854. The number of carbonyl (C=O) groups excluding carboxylic acids is 1. The van der Waals surface area contributed by atoms with Gasteiger partial charge in [0.25, 0.3) is 10.1 Å². The molecule has 3 aliphatic carbocycles. The van der Waals surface area contributed by atoms with Crippen LogP contribution in [0.5, 0.6) is 0 Å². The zero-order valence-electron chi connectivity index (χ0n) is 19.3. The third-order valence-corrected chi connectivity index (χ3v) is 9.57. The molecular formula is C25H33NO6S. The van der Waals surface area contributed by atoms with E-state index < -0.39 is 27.3 Å². The Kier molecular flexibility index (Phi) is 5.98. The Bertz CT molecular complexity index is 1110. The molecule has 0 amide bonds. The minimum absolute atomic E-state index is 0.0152. The van der Waals surface area contributed by atoms with E-state index >= 15 is 0 Å². The highest BCUT2D eigenvalue weighted by atomic mass is 32.2. The number of Topliss-reactive ketones (excluding diaryl/α,β-unsaturated/α-hetero) is 1. The Morgan fingerprint density at radius 3 is 2.48 bits per heavy atom. The zero-order valence-corrected chi connectivity index (χ0v) is 20.1. The van der Waals surface area contributed by atoms with Crippen LogP contribution in [-0.2, 0) is 26.1 Å². The van der Waals surface area contributed by atoms with Crippen LogP contribution in [0, 0.1) is 22.2 Å². The van der Waals surface area contributed by atoms with Crippen molar-refractivity contribution >= 4 is 27.6 Å². The number of ketones is 1. The van der Waals surface area contributed by atoms with Gasteiger partial charge in [-0.3, -0.25) is 9.35 Å². The number of carbonyl (C=O) groups is 2. The van der Waals surface area contributed by atoms with Gasteiger partial charge >= 0.3 is 5.97 Å². The monoisotopic (exact) mass is 475 g/mol. The summed E-state index contributed by atoms with van der Waals surface area (Å²) in [5.41, 5.74) is 2.03. The fraction of sp³-hybridized carbons (Fsp3) is 0.600. The maximum Gasteiger partial charge on any atom is 0.331 e. The summed E-state index contributed by atoms with van der Waals surface area (Å²) in [5, 5.41) is 12.6. The molecule has 2 unspecified atom stereocenters. The van der Waals surface area contributed by atoms with E-state index in [1.165, 1.54) is 11.3 Å². The molecule has 1 aromatic rings. The number of benzene rings is 1. The van der Waals surface area contributed by atoms with Crippen LogP contribution < -0.4 is 5.32 Å². The standard InChI is InChI=1S/C15H17NO2.C10H16O4S/c17-14(18)12-5-6-15(10-12)7-8-16-13-4-2-1-3-11(13)9-15;1-9(2)7-3-4-10(9,8(11)5-7)6-15(12,13)14/h1-4,10,16H,5-9H2,(H,17,18);7H,3-6H2,1-2H3,(H,12,13,14)/t15-;/m0./s1. The number of hydrogen-bond acceptors (Lipinski definition) is 5. The van der Waals surface area contributed by atoms with Crippen molar-refractivity contribution in [2.75, 3.05) is 17.6 Å². The topological polar surface area (TPSA) is 121 Å². The molecule has 8 heteroatoms. The van der Waals surface area contributed by atoms with Gasteiger partial charge in [-0.25, -0.2) is 4.79 Å². The summed E-state index contributed by atoms with van der Waals surface area (Å²) in [6.07, 6.45) is 7.62. The lowest BCUT2D eigenvalue weighted by molar-refractivity contribution is -0.132. The van der Waals surface area contributed by atoms with E-state index in [0.29, 0.717) is 24.8 Å². The summed E-state index contributed by atoms with van der Waals surface area (Å²) in [4.78, 5) is 23.0. The molecule has 0 aromatic heterocycles. The quantitative estimate of drug-likeness (QED) is 0.563. The van der Waals surface area contributed by atoms with Gasteiger partial charge in [-0.1, -0.05) is 38.1 Å². The van der Waals surface area contributed by atoms with E-state index in [0.717, 1.165) is 32.2 Å². The fourth-order valence-electron chi connectivity index (χ4n) is 6.58. The van der Waals surface area contributed by atoms with E-state index in [4.69, 9.17) is 9.66 Å². The number of fused-ring (bicyclic) bond motifs is 3. The van der Waals surface area contributed by atoms with Crippen LogP contribution in [0.3, 0.4) is 0 Å². The predicted molar refractivity (Wildman–Crippen MR) is 126 cm³/mol. The summed E-state index contributed by atoms with van der Waals surface area (Å²) in [6.45, 7) is 4.81. The van der Waals surface area contributed by atoms with Gasteiger partial charge in [-0.05, 0) is 66.9 Å². The van der Waals surface area contributed by atoms with Crippen LogP contribution >= 0.6 is 0 Å². The summed E-state index contributed by atoms with van der Waals surface area (Å²) < 4.78 is 31.0. The molecule has 1 heterocycles. The van der Waals surface area contributed by atoms with Gasteiger partial charge in [-0.15, -0.1) is 0 Å². The van der Waals surface area contributed by atoms with Crippen LogP contribution in [0.4, 0.5) is 5.69 Å². The van der Waals surface area contributed by atoms with Gasteiger partial charge in [0.05, 0.1) is 11.2 Å². The molecule has 0 radical (unpaired) electrons. The molecule has 0 saturated heterocycles. The maximum atomic E-state index is 11.9. The molecule has 2 saturated carbocycles. The molecule has 4 aliphatic rings. The summed E-state index contributed by atoms with van der Waals surface area (Å²) >= 11 is 0. The lowest BCUT2D eigenvalue weighted by Gasteiger charge is -2.35. The molecule has 33 heavy (non-hydrogen) atoms. The second-order valence-electron chi connectivity index (χ2n) is 10.7. The number of carboxylic acid groups (broad SMARTS) is 1. The number of hydrogen-bond donors (Lipinski definition) is 3. The molecular weight excluding hydrogens is 442 g/mol. The second kappa shape index (κ2) is 8.24. The van der Waals surface area contributed by atoms with Gasteiger partial charge in [0.1, 0.15) is 5.78 Å². The van der Waals surface area contributed by atoms with Crippen LogP contribution in [0.1, 0.15) is 57.9 Å². The molecule has 1 aromatic carbocycles. The highest BCUT2D eigenvalue weighted by molar-refractivity contribution is 7.85. The molecule has 2 fully saturated rings. The highest BCUT2D eigenvalue weighted by Crippen LogP contribution is 2.64. The second-order valence-corrected chi connectivity index (χ2v) is 12.2. The van der Waals surface area contributed by atoms with Crippen molar-refractivity contribution in [3.05, 3.63) is 41.5 Å². The molecule has 1 spiro atoms. The van der Waals surface area contributed by atoms with Gasteiger partial charge in [-0.2, -0.15) is 8.42 Å². The number of rotatable bonds is 3. The molecule has 2 bridgehead atoms. The van der Waals surface area contributed by atoms with Crippen LogP contribution in [-0.4, -0.2) is 42.1 Å². The summed E-state index contributed by atoms with van der Waals surface area (Å²) in [6, 6.07) is 8.33. The van der Waals surface area contributed by atoms with Crippen molar-refractivity contribution in [1.29, 1.82) is 0 Å². The molecule has 180 valence electrons. The number of anilines is 1. The highest BCUT2D eigenvalue weighted by Gasteiger charge is 2.65. The minimum atomic E-state index is -4.08. The third kappa shape index (κ3) is 4.35. The Morgan fingerprint density at radius 1 is 1.18 bits per heavy atom. The normalized spacial score (nSPS) is 31.8. The predicted octanol–water partition coefficient (Wildman–Crippen LogP) is 4.11. The Morgan fingerprint density at radius 2 is 1.91 bits per heavy atom. The third-order valence-electron chi connectivity index (χ3n) is 8.71. The number of allylic oxidation sites excluding steroid dienone is 1. The lowest BCUT2D eigenvalue weighted by Crippen LogP contribution is -2.42. The number of para-hydroxylation sites is 1. The van der Waals surface area contributed by atoms with Crippen molar-refractivity contribution in [3.63, 3.8) is 0 Å². The van der Waals surface area contributed by atoms with Crippen molar-refractivity contribution in [2.24, 2.45) is 22.2 Å². The van der Waals surface area contributed by atoms with Gasteiger partial charge in [0.2, 0.25) is 0 Å². The molecule has 1 aliphatic heterocycles. The number of aliphatic carboxylic acids is 1. The zero-order chi connectivity index (χ0) is 24.1. The summed E-state index contributed by atoms with van der Waals surface area (Å²) in [7, 11) is -4.08. The Balaban J connectivity index is 0.000000160. The van der Waals surface area contributed by atoms with E-state index in [1.54, 1.807) is 0 Å². The van der Waals surface area contributed by atoms with E-state index in [-0.39, 0.29) is 22.5 Å². The molecule has 5 rings (SSSR count). The van der Waals surface area contributed by atoms with Crippen LogP contribution in [0.25, 0.3) is 0 Å². The van der Waals surface area contributed by atoms with Gasteiger partial charge in [0, 0.05) is 24.2 Å². The Hall–Kier alpha value is -2.19. The average Bonchev–Trinajstić information content (AvgIpc) is 3.22. The van der Waals surface area contributed by atoms with E-state index in [9.17, 15) is 18.0 Å². The van der Waals surface area contributed by atoms with Crippen molar-refractivity contribution < 1.29 is 27.7 Å². The average molecular weight is 476 g/mol. The molecule has 3 N–H and O–H groups in total. The first-order valence-corrected chi connectivity index (χ1v) is 13.2. The fourth-order valence-corrected chi connectivity index (χ4v) is 7.88. The van der Waals surface area contributed by atoms with Crippen molar-refractivity contribution in [2.45, 2.75) is 58.8 Å². The van der Waals surface area contributed by atoms with Crippen LogP contribution in [0.2, 0.25) is 0 Å². The van der Waals surface area contributed by atoms with Gasteiger partial charge < -0.3 is 10.4 Å². The first-order valence-electron chi connectivity index (χ1n) is 11.6. The first-order chi connectivity index (χ1) is 15.4. The first kappa shape index (κ1) is 24.0. The van der Waals surface area contributed by atoms with Crippen LogP contribution in [0.15, 0.2) is 35.9 Å². The number of nitrogens with one attached hydrogen (secondary N) is 1. The largest absolute Gasteiger partial charge is 0.478 e. The smallest absolute Gasteiger partial charge is 0.331 e. The van der Waals surface area contributed by atoms with E-state index in [1.807, 2.05) is 26.0 Å².